The fourth-order valence-corrected chi connectivity index (χ4v) is 3.99. The number of hydrogen-bond donors (Lipinski definition) is 0. The second kappa shape index (κ2) is 9.17. The Morgan fingerprint density at radius 2 is 1.76 bits per heavy atom. The van der Waals surface area contributed by atoms with Gasteiger partial charge in [0.2, 0.25) is 5.95 Å². The average molecular weight is 479 g/mol. The molecule has 3 heterocycles. The molecule has 0 atom stereocenters. The van der Waals surface area contributed by atoms with E-state index in [1.54, 1.807) is 24.5 Å². The molecule has 0 saturated heterocycles. The van der Waals surface area contributed by atoms with E-state index in [4.69, 9.17) is 32.9 Å². The molecule has 5 nitrogen and oxygen atoms in total. The SMILES string of the molecule is Fc1ccc(OCc2nc3ccc(-c4ccncc4)cc3n2Cc2cc(Cl)ccc2Cl)cn1. The number of aromatic nitrogens is 4. The Labute approximate surface area is 199 Å². The number of rotatable bonds is 6. The molecular weight excluding hydrogens is 462 g/mol. The number of benzene rings is 2. The first-order valence-electron chi connectivity index (χ1n) is 10.1. The van der Waals surface area contributed by atoms with Gasteiger partial charge in [0.15, 0.2) is 0 Å². The molecule has 0 amide bonds. The van der Waals surface area contributed by atoms with Crippen molar-refractivity contribution in [2.45, 2.75) is 13.2 Å². The molecule has 0 aliphatic heterocycles. The molecule has 0 N–H and O–H groups in total. The smallest absolute Gasteiger partial charge is 0.213 e. The maximum Gasteiger partial charge on any atom is 0.213 e. The molecule has 0 radical (unpaired) electrons. The van der Waals surface area contributed by atoms with Gasteiger partial charge in [0.1, 0.15) is 18.2 Å². The summed E-state index contributed by atoms with van der Waals surface area (Å²) < 4.78 is 21.0. The quantitative estimate of drug-likeness (QED) is 0.259. The monoisotopic (exact) mass is 478 g/mol. The molecule has 0 saturated carbocycles. The van der Waals surface area contributed by atoms with Crippen molar-refractivity contribution in [1.29, 1.82) is 0 Å². The van der Waals surface area contributed by atoms with Gasteiger partial charge in [-0.2, -0.15) is 4.39 Å². The second-order valence-corrected chi connectivity index (χ2v) is 8.24. The first-order chi connectivity index (χ1) is 16.1. The Kier molecular flexibility index (Phi) is 5.94. The Balaban J connectivity index is 1.57. The minimum absolute atomic E-state index is 0.171. The summed E-state index contributed by atoms with van der Waals surface area (Å²) in [5.41, 5.74) is 4.70. The van der Waals surface area contributed by atoms with Gasteiger partial charge < -0.3 is 9.30 Å². The van der Waals surface area contributed by atoms with E-state index in [0.717, 1.165) is 27.7 Å². The third kappa shape index (κ3) is 4.67. The molecule has 0 bridgehead atoms. The molecule has 3 aromatic heterocycles. The third-order valence-electron chi connectivity index (χ3n) is 5.25. The summed E-state index contributed by atoms with van der Waals surface area (Å²) in [6.07, 6.45) is 4.87. The maximum absolute atomic E-state index is 13.1. The van der Waals surface area contributed by atoms with Crippen molar-refractivity contribution >= 4 is 34.2 Å². The van der Waals surface area contributed by atoms with Crippen LogP contribution in [0.25, 0.3) is 22.2 Å². The summed E-state index contributed by atoms with van der Waals surface area (Å²) in [7, 11) is 0. The predicted molar refractivity (Wildman–Crippen MR) is 127 cm³/mol. The number of imidazole rings is 1. The minimum atomic E-state index is -0.561. The average Bonchev–Trinajstić information content (AvgIpc) is 3.18. The first-order valence-corrected chi connectivity index (χ1v) is 10.9. The number of pyridine rings is 2. The van der Waals surface area contributed by atoms with Crippen LogP contribution in [0.1, 0.15) is 11.4 Å². The van der Waals surface area contributed by atoms with Crippen LogP contribution < -0.4 is 4.74 Å². The zero-order valence-corrected chi connectivity index (χ0v) is 18.8. The van der Waals surface area contributed by atoms with Gasteiger partial charge in [0.25, 0.3) is 0 Å². The van der Waals surface area contributed by atoms with Gasteiger partial charge in [-0.25, -0.2) is 9.97 Å². The van der Waals surface area contributed by atoms with Crippen LogP contribution in [0.4, 0.5) is 4.39 Å². The van der Waals surface area contributed by atoms with E-state index in [1.807, 2.05) is 30.3 Å². The van der Waals surface area contributed by atoms with E-state index >= 15 is 0 Å². The van der Waals surface area contributed by atoms with E-state index < -0.39 is 5.95 Å². The molecule has 5 rings (SSSR count). The Bertz CT molecular complexity index is 1420. The van der Waals surface area contributed by atoms with E-state index in [1.165, 1.54) is 18.3 Å². The van der Waals surface area contributed by atoms with Gasteiger partial charge in [-0.3, -0.25) is 4.98 Å². The van der Waals surface area contributed by atoms with Crippen molar-refractivity contribution in [3.63, 3.8) is 0 Å². The summed E-state index contributed by atoms with van der Waals surface area (Å²) in [5.74, 6) is 0.583. The Morgan fingerprint density at radius 3 is 2.55 bits per heavy atom. The van der Waals surface area contributed by atoms with Gasteiger partial charge in [-0.05, 0) is 71.3 Å². The van der Waals surface area contributed by atoms with Crippen LogP contribution in [0.15, 0.2) is 79.3 Å². The molecular formula is C25H17Cl2FN4O. The number of fused-ring (bicyclic) bond motifs is 1. The van der Waals surface area contributed by atoms with E-state index in [2.05, 4.69) is 20.6 Å². The number of ether oxygens (including phenoxy) is 1. The van der Waals surface area contributed by atoms with Gasteiger partial charge in [0.05, 0.1) is 23.8 Å². The molecule has 0 unspecified atom stereocenters. The highest BCUT2D eigenvalue weighted by molar-refractivity contribution is 6.33. The largest absolute Gasteiger partial charge is 0.484 e. The van der Waals surface area contributed by atoms with Crippen molar-refractivity contribution in [1.82, 2.24) is 19.5 Å². The lowest BCUT2D eigenvalue weighted by Crippen LogP contribution is -2.09. The van der Waals surface area contributed by atoms with Crippen molar-refractivity contribution in [3.8, 4) is 16.9 Å². The van der Waals surface area contributed by atoms with Crippen molar-refractivity contribution in [3.05, 3.63) is 107 Å². The summed E-state index contributed by atoms with van der Waals surface area (Å²) in [4.78, 5) is 12.5. The molecule has 2 aromatic carbocycles. The minimum Gasteiger partial charge on any atom is -0.484 e. The summed E-state index contributed by atoms with van der Waals surface area (Å²) >= 11 is 12.7. The topological polar surface area (TPSA) is 52.8 Å². The summed E-state index contributed by atoms with van der Waals surface area (Å²) in [5, 5.41) is 1.22. The molecule has 33 heavy (non-hydrogen) atoms. The van der Waals surface area contributed by atoms with Crippen LogP contribution in [-0.4, -0.2) is 19.5 Å². The standard InChI is InChI=1S/C25H17Cl2FN4O/c26-19-2-4-21(27)18(11-19)14-32-23-12-17(16-7-9-29-10-8-16)1-5-22(23)31-25(32)15-33-20-3-6-24(28)30-13-20/h1-13H,14-15H2. The highest BCUT2D eigenvalue weighted by Gasteiger charge is 2.15. The van der Waals surface area contributed by atoms with Crippen molar-refractivity contribution < 1.29 is 9.13 Å². The number of nitrogens with zero attached hydrogens (tertiary/aromatic N) is 4. The highest BCUT2D eigenvalue weighted by Crippen LogP contribution is 2.28. The molecule has 0 spiro atoms. The summed E-state index contributed by atoms with van der Waals surface area (Å²) in [6.45, 7) is 0.626. The fourth-order valence-electron chi connectivity index (χ4n) is 3.61. The Morgan fingerprint density at radius 1 is 0.909 bits per heavy atom. The molecule has 0 aliphatic rings. The van der Waals surface area contributed by atoms with E-state index in [9.17, 15) is 4.39 Å². The molecule has 8 heteroatoms. The zero-order chi connectivity index (χ0) is 22.8. The fraction of sp³-hybridized carbons (Fsp3) is 0.0800. The van der Waals surface area contributed by atoms with Crippen LogP contribution in [0.3, 0.4) is 0 Å². The van der Waals surface area contributed by atoms with Crippen LogP contribution in [-0.2, 0) is 13.2 Å². The molecule has 164 valence electrons. The van der Waals surface area contributed by atoms with Gasteiger partial charge in [-0.1, -0.05) is 29.3 Å². The van der Waals surface area contributed by atoms with Crippen LogP contribution >= 0.6 is 23.2 Å². The molecule has 0 aliphatic carbocycles. The number of halogens is 3. The summed E-state index contributed by atoms with van der Waals surface area (Å²) in [6, 6.07) is 18.2. The van der Waals surface area contributed by atoms with Crippen LogP contribution in [0.5, 0.6) is 5.75 Å². The van der Waals surface area contributed by atoms with Gasteiger partial charge in [-0.15, -0.1) is 0 Å². The number of hydrogen-bond acceptors (Lipinski definition) is 4. The first kappa shape index (κ1) is 21.4. The van der Waals surface area contributed by atoms with E-state index in [0.29, 0.717) is 28.2 Å². The van der Waals surface area contributed by atoms with Gasteiger partial charge >= 0.3 is 0 Å². The van der Waals surface area contributed by atoms with Crippen molar-refractivity contribution in [2.75, 3.05) is 0 Å². The maximum atomic E-state index is 13.1. The van der Waals surface area contributed by atoms with Crippen molar-refractivity contribution in [2.24, 2.45) is 0 Å². The lowest BCUT2D eigenvalue weighted by molar-refractivity contribution is 0.289. The predicted octanol–water partition coefficient (Wildman–Crippen LogP) is 6.57. The lowest BCUT2D eigenvalue weighted by Gasteiger charge is -2.12. The second-order valence-electron chi connectivity index (χ2n) is 7.39. The molecule has 5 aromatic rings. The van der Waals surface area contributed by atoms with Gasteiger partial charge in [0, 0.05) is 22.4 Å². The zero-order valence-electron chi connectivity index (χ0n) is 17.3. The van der Waals surface area contributed by atoms with Crippen LogP contribution in [0, 0.1) is 5.95 Å². The normalized spacial score (nSPS) is 11.1. The van der Waals surface area contributed by atoms with E-state index in [-0.39, 0.29) is 6.61 Å². The third-order valence-corrected chi connectivity index (χ3v) is 5.85. The Hall–Kier alpha value is -3.48. The van der Waals surface area contributed by atoms with Crippen LogP contribution in [0.2, 0.25) is 10.0 Å². The molecule has 0 fully saturated rings. The highest BCUT2D eigenvalue weighted by atomic mass is 35.5. The lowest BCUT2D eigenvalue weighted by atomic mass is 10.1.